The van der Waals surface area contributed by atoms with Crippen LogP contribution in [0.15, 0.2) is 5.16 Å². The van der Waals surface area contributed by atoms with Gasteiger partial charge in [-0.05, 0) is 25.7 Å². The van der Waals surface area contributed by atoms with Gasteiger partial charge in [0.2, 0.25) is 5.91 Å². The van der Waals surface area contributed by atoms with Crippen molar-refractivity contribution in [3.63, 3.8) is 0 Å². The van der Waals surface area contributed by atoms with E-state index in [9.17, 15) is 4.79 Å². The summed E-state index contributed by atoms with van der Waals surface area (Å²) in [5.41, 5.74) is 5.54. The van der Waals surface area contributed by atoms with Gasteiger partial charge in [-0.25, -0.2) is 0 Å². The average molecular weight is 227 g/mol. The summed E-state index contributed by atoms with van der Waals surface area (Å²) in [5, 5.41) is 11.6. The molecular formula is C11H21N3O2. The largest absolute Gasteiger partial charge is 0.409 e. The minimum absolute atomic E-state index is 0.00199. The van der Waals surface area contributed by atoms with Crippen LogP contribution in [0.5, 0.6) is 0 Å². The maximum atomic E-state index is 12.2. The van der Waals surface area contributed by atoms with Crippen molar-refractivity contribution in [2.45, 2.75) is 45.6 Å². The SMILES string of the molecule is CCC(C(=O)N1CCCC1CC)C(N)=NO. The van der Waals surface area contributed by atoms with E-state index in [4.69, 9.17) is 10.9 Å². The number of amidine groups is 1. The highest BCUT2D eigenvalue weighted by molar-refractivity contribution is 6.02. The van der Waals surface area contributed by atoms with Crippen LogP contribution in [0, 0.1) is 5.92 Å². The van der Waals surface area contributed by atoms with Gasteiger partial charge in [-0.2, -0.15) is 0 Å². The van der Waals surface area contributed by atoms with E-state index < -0.39 is 5.92 Å². The van der Waals surface area contributed by atoms with Crippen LogP contribution < -0.4 is 5.73 Å². The minimum atomic E-state index is -0.475. The molecule has 0 aromatic heterocycles. The lowest BCUT2D eigenvalue weighted by Crippen LogP contribution is -2.43. The summed E-state index contributed by atoms with van der Waals surface area (Å²) in [6.07, 6.45) is 3.66. The smallest absolute Gasteiger partial charge is 0.233 e. The lowest BCUT2D eigenvalue weighted by atomic mass is 10.0. The Morgan fingerprint density at radius 2 is 2.31 bits per heavy atom. The maximum Gasteiger partial charge on any atom is 0.233 e. The van der Waals surface area contributed by atoms with Gasteiger partial charge < -0.3 is 15.8 Å². The molecule has 1 heterocycles. The highest BCUT2D eigenvalue weighted by Crippen LogP contribution is 2.23. The number of nitrogens with zero attached hydrogens (tertiary/aromatic N) is 2. The first-order valence-electron chi connectivity index (χ1n) is 5.93. The van der Waals surface area contributed by atoms with E-state index in [1.165, 1.54) is 0 Å². The molecule has 1 saturated heterocycles. The van der Waals surface area contributed by atoms with Crippen LogP contribution in [0.4, 0.5) is 0 Å². The number of likely N-dealkylation sites (tertiary alicyclic amines) is 1. The monoisotopic (exact) mass is 227 g/mol. The van der Waals surface area contributed by atoms with E-state index >= 15 is 0 Å². The Balaban J connectivity index is 2.75. The fourth-order valence-electron chi connectivity index (χ4n) is 2.33. The number of carbonyl (C=O) groups is 1. The van der Waals surface area contributed by atoms with Crippen molar-refractivity contribution in [3.8, 4) is 0 Å². The third-order valence-corrected chi connectivity index (χ3v) is 3.31. The summed E-state index contributed by atoms with van der Waals surface area (Å²) in [5.74, 6) is -0.450. The Bertz CT molecular complexity index is 278. The molecule has 1 aliphatic rings. The second-order valence-corrected chi connectivity index (χ2v) is 4.22. The van der Waals surface area contributed by atoms with Crippen LogP contribution in [-0.4, -0.2) is 34.4 Å². The van der Waals surface area contributed by atoms with Gasteiger partial charge in [0.15, 0.2) is 5.84 Å². The standard InChI is InChI=1S/C11H21N3O2/c1-3-8-6-5-7-14(8)11(15)9(4-2)10(12)13-16/h8-9,16H,3-7H2,1-2H3,(H2,12,13). The van der Waals surface area contributed by atoms with Gasteiger partial charge in [-0.3, -0.25) is 4.79 Å². The summed E-state index contributed by atoms with van der Waals surface area (Å²) in [6, 6.07) is 0.327. The number of oxime groups is 1. The number of hydrogen-bond acceptors (Lipinski definition) is 3. The molecule has 0 aromatic carbocycles. The quantitative estimate of drug-likeness (QED) is 0.327. The molecule has 16 heavy (non-hydrogen) atoms. The molecule has 5 heteroatoms. The van der Waals surface area contributed by atoms with Crippen molar-refractivity contribution in [2.24, 2.45) is 16.8 Å². The Morgan fingerprint density at radius 1 is 1.62 bits per heavy atom. The predicted molar refractivity (Wildman–Crippen MR) is 62.2 cm³/mol. The number of nitrogens with two attached hydrogens (primary N) is 1. The first kappa shape index (κ1) is 12.8. The van der Waals surface area contributed by atoms with Gasteiger partial charge in [0.1, 0.15) is 0 Å². The third-order valence-electron chi connectivity index (χ3n) is 3.31. The summed E-state index contributed by atoms with van der Waals surface area (Å²) < 4.78 is 0. The van der Waals surface area contributed by atoms with Gasteiger partial charge in [0, 0.05) is 12.6 Å². The van der Waals surface area contributed by atoms with Crippen molar-refractivity contribution < 1.29 is 10.0 Å². The number of carbonyl (C=O) groups excluding carboxylic acids is 1. The van der Waals surface area contributed by atoms with Crippen molar-refractivity contribution in [2.75, 3.05) is 6.54 Å². The van der Waals surface area contributed by atoms with E-state index in [0.717, 1.165) is 25.8 Å². The molecule has 92 valence electrons. The molecule has 5 nitrogen and oxygen atoms in total. The predicted octanol–water partition coefficient (Wildman–Crippen LogP) is 1.16. The third kappa shape index (κ3) is 2.46. The second-order valence-electron chi connectivity index (χ2n) is 4.22. The summed E-state index contributed by atoms with van der Waals surface area (Å²) in [4.78, 5) is 14.1. The summed E-state index contributed by atoms with van der Waals surface area (Å²) >= 11 is 0. The zero-order chi connectivity index (χ0) is 12.1. The van der Waals surface area contributed by atoms with Crippen molar-refractivity contribution in [3.05, 3.63) is 0 Å². The molecule has 1 aliphatic heterocycles. The van der Waals surface area contributed by atoms with E-state index in [2.05, 4.69) is 12.1 Å². The van der Waals surface area contributed by atoms with Gasteiger partial charge in [0.25, 0.3) is 0 Å². The Hall–Kier alpha value is -1.26. The van der Waals surface area contributed by atoms with E-state index in [1.54, 1.807) is 0 Å². The Kier molecular flexibility index (Phi) is 4.58. The van der Waals surface area contributed by atoms with Crippen molar-refractivity contribution >= 4 is 11.7 Å². The number of amides is 1. The number of hydrogen-bond donors (Lipinski definition) is 2. The molecule has 0 radical (unpaired) electrons. The maximum absolute atomic E-state index is 12.2. The normalized spacial score (nSPS) is 23.5. The molecule has 2 unspecified atom stereocenters. The molecule has 0 aromatic rings. The Morgan fingerprint density at radius 3 is 2.81 bits per heavy atom. The fraction of sp³-hybridized carbons (Fsp3) is 0.818. The molecule has 1 rings (SSSR count). The average Bonchev–Trinajstić information content (AvgIpc) is 2.77. The van der Waals surface area contributed by atoms with Crippen LogP contribution >= 0.6 is 0 Å². The lowest BCUT2D eigenvalue weighted by molar-refractivity contribution is -0.134. The fourth-order valence-corrected chi connectivity index (χ4v) is 2.33. The van der Waals surface area contributed by atoms with Crippen LogP contribution in [0.2, 0.25) is 0 Å². The Labute approximate surface area is 96.3 Å². The first-order chi connectivity index (χ1) is 7.65. The number of rotatable bonds is 4. The highest BCUT2D eigenvalue weighted by atomic mass is 16.4. The molecule has 1 amide bonds. The molecule has 1 fully saturated rings. The van der Waals surface area contributed by atoms with Crippen LogP contribution in [0.25, 0.3) is 0 Å². The summed E-state index contributed by atoms with van der Waals surface area (Å²) in [7, 11) is 0. The van der Waals surface area contributed by atoms with Gasteiger partial charge in [-0.1, -0.05) is 19.0 Å². The van der Waals surface area contributed by atoms with Crippen LogP contribution in [-0.2, 0) is 4.79 Å². The molecule has 0 bridgehead atoms. The van der Waals surface area contributed by atoms with E-state index in [0.29, 0.717) is 12.5 Å². The molecule has 2 atom stereocenters. The zero-order valence-electron chi connectivity index (χ0n) is 10.0. The van der Waals surface area contributed by atoms with Crippen molar-refractivity contribution in [1.29, 1.82) is 0 Å². The van der Waals surface area contributed by atoms with Gasteiger partial charge in [0.05, 0.1) is 5.92 Å². The minimum Gasteiger partial charge on any atom is -0.409 e. The van der Waals surface area contributed by atoms with Crippen LogP contribution in [0.3, 0.4) is 0 Å². The van der Waals surface area contributed by atoms with Gasteiger partial charge in [-0.15, -0.1) is 0 Å². The second kappa shape index (κ2) is 5.72. The molecule has 0 spiro atoms. The van der Waals surface area contributed by atoms with E-state index in [-0.39, 0.29) is 11.7 Å². The summed E-state index contributed by atoms with van der Waals surface area (Å²) in [6.45, 7) is 4.75. The first-order valence-corrected chi connectivity index (χ1v) is 5.93. The molecule has 0 saturated carbocycles. The topological polar surface area (TPSA) is 78.9 Å². The molecule has 3 N–H and O–H groups in total. The van der Waals surface area contributed by atoms with Crippen LogP contribution in [0.1, 0.15) is 39.5 Å². The molecule has 0 aliphatic carbocycles. The molecular weight excluding hydrogens is 206 g/mol. The lowest BCUT2D eigenvalue weighted by Gasteiger charge is -2.27. The van der Waals surface area contributed by atoms with E-state index in [1.807, 2.05) is 11.8 Å². The highest BCUT2D eigenvalue weighted by Gasteiger charge is 2.33. The zero-order valence-corrected chi connectivity index (χ0v) is 10.0. The van der Waals surface area contributed by atoms with Crippen molar-refractivity contribution in [1.82, 2.24) is 4.90 Å². The van der Waals surface area contributed by atoms with Gasteiger partial charge >= 0.3 is 0 Å².